The SMILES string of the molecule is CCN(CC)C(C(=O)NCCC(C)C)c1ccccc1. The van der Waals surface area contributed by atoms with Crippen molar-refractivity contribution in [3.05, 3.63) is 35.9 Å². The summed E-state index contributed by atoms with van der Waals surface area (Å²) in [7, 11) is 0. The Bertz CT molecular complexity index is 385. The van der Waals surface area contributed by atoms with Gasteiger partial charge in [-0.05, 0) is 31.0 Å². The van der Waals surface area contributed by atoms with Crippen molar-refractivity contribution in [1.82, 2.24) is 10.2 Å². The molecule has 1 rings (SSSR count). The fourth-order valence-electron chi connectivity index (χ4n) is 2.33. The molecule has 3 nitrogen and oxygen atoms in total. The van der Waals surface area contributed by atoms with Gasteiger partial charge in [0.25, 0.3) is 0 Å². The number of nitrogens with one attached hydrogen (secondary N) is 1. The van der Waals surface area contributed by atoms with Crippen molar-refractivity contribution in [2.45, 2.75) is 40.2 Å². The van der Waals surface area contributed by atoms with Crippen LogP contribution in [0, 0.1) is 5.92 Å². The van der Waals surface area contributed by atoms with Gasteiger partial charge >= 0.3 is 0 Å². The fourth-order valence-corrected chi connectivity index (χ4v) is 2.33. The van der Waals surface area contributed by atoms with Gasteiger partial charge in [-0.3, -0.25) is 9.69 Å². The predicted octanol–water partition coefficient (Wildman–Crippen LogP) is 3.23. The molecule has 0 spiro atoms. The molecule has 112 valence electrons. The molecular weight excluding hydrogens is 248 g/mol. The Labute approximate surface area is 123 Å². The lowest BCUT2D eigenvalue weighted by Gasteiger charge is -2.29. The predicted molar refractivity (Wildman–Crippen MR) is 84.6 cm³/mol. The first kappa shape index (κ1) is 16.7. The van der Waals surface area contributed by atoms with E-state index in [1.807, 2.05) is 30.3 Å². The van der Waals surface area contributed by atoms with Crippen molar-refractivity contribution in [3.63, 3.8) is 0 Å². The number of hydrogen-bond donors (Lipinski definition) is 1. The Morgan fingerprint density at radius 2 is 1.75 bits per heavy atom. The normalized spacial score (nSPS) is 12.7. The molecular formula is C17H28N2O. The van der Waals surface area contributed by atoms with Gasteiger partial charge in [-0.1, -0.05) is 58.0 Å². The van der Waals surface area contributed by atoms with E-state index in [0.29, 0.717) is 5.92 Å². The maximum Gasteiger partial charge on any atom is 0.241 e. The summed E-state index contributed by atoms with van der Waals surface area (Å²) < 4.78 is 0. The summed E-state index contributed by atoms with van der Waals surface area (Å²) in [5, 5.41) is 3.08. The number of likely N-dealkylation sites (N-methyl/N-ethyl adjacent to an activating group) is 1. The Hall–Kier alpha value is -1.35. The van der Waals surface area contributed by atoms with Crippen molar-refractivity contribution in [2.24, 2.45) is 5.92 Å². The Kier molecular flexibility index (Phi) is 7.31. The van der Waals surface area contributed by atoms with E-state index in [4.69, 9.17) is 0 Å². The highest BCUT2D eigenvalue weighted by atomic mass is 16.2. The zero-order valence-corrected chi connectivity index (χ0v) is 13.2. The minimum Gasteiger partial charge on any atom is -0.354 e. The zero-order valence-electron chi connectivity index (χ0n) is 13.2. The second kappa shape index (κ2) is 8.75. The van der Waals surface area contributed by atoms with Gasteiger partial charge in [-0.15, -0.1) is 0 Å². The summed E-state index contributed by atoms with van der Waals surface area (Å²) >= 11 is 0. The Balaban J connectivity index is 2.80. The highest BCUT2D eigenvalue weighted by molar-refractivity contribution is 5.83. The molecule has 0 aliphatic heterocycles. The quantitative estimate of drug-likeness (QED) is 0.790. The Morgan fingerprint density at radius 1 is 1.15 bits per heavy atom. The van der Waals surface area contributed by atoms with Gasteiger partial charge < -0.3 is 5.32 Å². The van der Waals surface area contributed by atoms with E-state index in [1.165, 1.54) is 0 Å². The molecule has 1 N–H and O–H groups in total. The molecule has 0 aliphatic rings. The van der Waals surface area contributed by atoms with Gasteiger partial charge in [0.05, 0.1) is 0 Å². The molecule has 3 heteroatoms. The fraction of sp³-hybridized carbons (Fsp3) is 0.588. The number of hydrogen-bond acceptors (Lipinski definition) is 2. The minimum absolute atomic E-state index is 0.112. The highest BCUT2D eigenvalue weighted by Crippen LogP contribution is 2.20. The standard InChI is InChI=1S/C17H28N2O/c1-5-19(6-2)16(15-10-8-7-9-11-15)17(20)18-13-12-14(3)4/h7-11,14,16H,5-6,12-13H2,1-4H3,(H,18,20). The third-order valence-electron chi connectivity index (χ3n) is 3.56. The molecule has 0 aromatic heterocycles. The Morgan fingerprint density at radius 3 is 2.25 bits per heavy atom. The van der Waals surface area contributed by atoms with Crippen LogP contribution in [-0.4, -0.2) is 30.4 Å². The van der Waals surface area contributed by atoms with Gasteiger partial charge in [0.1, 0.15) is 6.04 Å². The molecule has 0 radical (unpaired) electrons. The zero-order chi connectivity index (χ0) is 15.0. The summed E-state index contributed by atoms with van der Waals surface area (Å²) in [4.78, 5) is 14.7. The van der Waals surface area contributed by atoms with Crippen LogP contribution in [-0.2, 0) is 4.79 Å². The summed E-state index contributed by atoms with van der Waals surface area (Å²) in [5.41, 5.74) is 1.07. The smallest absolute Gasteiger partial charge is 0.241 e. The number of carbonyl (C=O) groups is 1. The molecule has 0 heterocycles. The monoisotopic (exact) mass is 276 g/mol. The first-order chi connectivity index (χ1) is 9.60. The number of amides is 1. The molecule has 0 saturated heterocycles. The van der Waals surface area contributed by atoms with E-state index in [1.54, 1.807) is 0 Å². The number of benzene rings is 1. The number of carbonyl (C=O) groups excluding carboxylic acids is 1. The maximum absolute atomic E-state index is 12.5. The van der Waals surface area contributed by atoms with Gasteiger partial charge in [0.15, 0.2) is 0 Å². The summed E-state index contributed by atoms with van der Waals surface area (Å²) in [6.45, 7) is 11.0. The first-order valence-corrected chi connectivity index (χ1v) is 7.66. The lowest BCUT2D eigenvalue weighted by atomic mass is 10.0. The van der Waals surface area contributed by atoms with Crippen LogP contribution in [0.5, 0.6) is 0 Å². The van der Waals surface area contributed by atoms with Crippen molar-refractivity contribution >= 4 is 5.91 Å². The molecule has 0 aliphatic carbocycles. The summed E-state index contributed by atoms with van der Waals surface area (Å²) in [6.07, 6.45) is 1.02. The first-order valence-electron chi connectivity index (χ1n) is 7.66. The topological polar surface area (TPSA) is 32.3 Å². The molecule has 1 amide bonds. The lowest BCUT2D eigenvalue weighted by Crippen LogP contribution is -2.41. The minimum atomic E-state index is -0.182. The van der Waals surface area contributed by atoms with E-state index in [9.17, 15) is 4.79 Å². The second-order valence-corrected chi connectivity index (χ2v) is 5.51. The van der Waals surface area contributed by atoms with Crippen molar-refractivity contribution in [1.29, 1.82) is 0 Å². The third kappa shape index (κ3) is 4.97. The van der Waals surface area contributed by atoms with E-state index in [2.05, 4.69) is 37.9 Å². The highest BCUT2D eigenvalue weighted by Gasteiger charge is 2.25. The molecule has 1 atom stereocenters. The molecule has 20 heavy (non-hydrogen) atoms. The van der Waals surface area contributed by atoms with E-state index >= 15 is 0 Å². The van der Waals surface area contributed by atoms with Crippen LogP contribution in [0.4, 0.5) is 0 Å². The number of nitrogens with zero attached hydrogens (tertiary/aromatic N) is 1. The van der Waals surface area contributed by atoms with Gasteiger partial charge in [-0.2, -0.15) is 0 Å². The molecule has 1 aromatic rings. The molecule has 1 aromatic carbocycles. The van der Waals surface area contributed by atoms with Crippen LogP contribution in [0.2, 0.25) is 0 Å². The lowest BCUT2D eigenvalue weighted by molar-refractivity contribution is -0.126. The maximum atomic E-state index is 12.5. The largest absolute Gasteiger partial charge is 0.354 e. The van der Waals surface area contributed by atoms with E-state index in [-0.39, 0.29) is 11.9 Å². The average Bonchev–Trinajstić information content (AvgIpc) is 2.44. The average molecular weight is 276 g/mol. The van der Waals surface area contributed by atoms with Gasteiger partial charge in [-0.25, -0.2) is 0 Å². The van der Waals surface area contributed by atoms with Crippen LogP contribution in [0.25, 0.3) is 0 Å². The third-order valence-corrected chi connectivity index (χ3v) is 3.56. The van der Waals surface area contributed by atoms with Crippen molar-refractivity contribution < 1.29 is 4.79 Å². The van der Waals surface area contributed by atoms with E-state index < -0.39 is 0 Å². The molecule has 1 unspecified atom stereocenters. The van der Waals surface area contributed by atoms with Gasteiger partial charge in [0.2, 0.25) is 5.91 Å². The molecule has 0 fully saturated rings. The van der Waals surface area contributed by atoms with Crippen LogP contribution in [0.3, 0.4) is 0 Å². The molecule has 0 saturated carbocycles. The summed E-state index contributed by atoms with van der Waals surface area (Å²) in [5.74, 6) is 0.722. The summed E-state index contributed by atoms with van der Waals surface area (Å²) in [6, 6.07) is 9.86. The van der Waals surface area contributed by atoms with Crippen LogP contribution >= 0.6 is 0 Å². The van der Waals surface area contributed by atoms with Gasteiger partial charge in [0, 0.05) is 6.54 Å². The van der Waals surface area contributed by atoms with Crippen LogP contribution < -0.4 is 5.32 Å². The van der Waals surface area contributed by atoms with Crippen molar-refractivity contribution in [3.8, 4) is 0 Å². The number of rotatable bonds is 8. The molecule has 0 bridgehead atoms. The van der Waals surface area contributed by atoms with E-state index in [0.717, 1.165) is 31.6 Å². The van der Waals surface area contributed by atoms with Crippen LogP contribution in [0.1, 0.15) is 45.7 Å². The van der Waals surface area contributed by atoms with Crippen molar-refractivity contribution in [2.75, 3.05) is 19.6 Å². The second-order valence-electron chi connectivity index (χ2n) is 5.51. The van der Waals surface area contributed by atoms with Crippen LogP contribution in [0.15, 0.2) is 30.3 Å².